The van der Waals surface area contributed by atoms with Gasteiger partial charge in [-0.1, -0.05) is 6.07 Å². The van der Waals surface area contributed by atoms with Gasteiger partial charge in [0.05, 0.1) is 0 Å². The molecule has 0 atom stereocenters. The lowest BCUT2D eigenvalue weighted by molar-refractivity contribution is 0.0702. The van der Waals surface area contributed by atoms with Gasteiger partial charge in [-0.2, -0.15) is 0 Å². The molecule has 0 radical (unpaired) electrons. The minimum Gasteiger partial charge on any atom is -0.477 e. The third kappa shape index (κ3) is 3.31. The van der Waals surface area contributed by atoms with Crippen molar-refractivity contribution in [2.24, 2.45) is 0 Å². The number of halogens is 1. The summed E-state index contributed by atoms with van der Waals surface area (Å²) in [4.78, 5) is 12.8. The first-order valence-electron chi connectivity index (χ1n) is 4.85. The predicted molar refractivity (Wildman–Crippen MR) is 67.2 cm³/mol. The van der Waals surface area contributed by atoms with Gasteiger partial charge in [0.1, 0.15) is 10.7 Å². The second-order valence-corrected chi connectivity index (χ2v) is 5.53. The molecule has 0 saturated heterocycles. The summed E-state index contributed by atoms with van der Waals surface area (Å²) in [5.74, 6) is -0.508. The van der Waals surface area contributed by atoms with Gasteiger partial charge in [0.2, 0.25) is 0 Å². The quantitative estimate of drug-likeness (QED) is 0.855. The van der Waals surface area contributed by atoms with E-state index < -0.39 is 5.97 Å². The molecule has 0 fully saturated rings. The van der Waals surface area contributed by atoms with Crippen LogP contribution < -0.4 is 0 Å². The fourth-order valence-corrected chi connectivity index (χ4v) is 3.11. The third-order valence-electron chi connectivity index (χ3n) is 2.05. The van der Waals surface area contributed by atoms with Gasteiger partial charge >= 0.3 is 5.97 Å². The smallest absolute Gasteiger partial charge is 0.345 e. The normalized spacial score (nSPS) is 10.4. The molecule has 0 saturated carbocycles. The van der Waals surface area contributed by atoms with Crippen molar-refractivity contribution in [3.63, 3.8) is 0 Å². The number of aromatic carboxylic acids is 1. The van der Waals surface area contributed by atoms with Crippen molar-refractivity contribution in [3.05, 3.63) is 52.0 Å². The molecule has 2 aromatic rings. The molecule has 1 heterocycles. The maximum atomic E-state index is 12.9. The number of benzene rings is 1. The summed E-state index contributed by atoms with van der Waals surface area (Å²) < 4.78 is 12.9. The molecular weight excluding hydrogens is 259 g/mol. The molecule has 0 aliphatic carbocycles. The van der Waals surface area contributed by atoms with Crippen LogP contribution in [0.2, 0.25) is 0 Å². The number of thioether (sulfide) groups is 1. The Morgan fingerprint density at radius 2 is 2.18 bits per heavy atom. The number of hydrogen-bond donors (Lipinski definition) is 1. The van der Waals surface area contributed by atoms with E-state index in [-0.39, 0.29) is 5.82 Å². The van der Waals surface area contributed by atoms with Gasteiger partial charge in [0.25, 0.3) is 0 Å². The van der Waals surface area contributed by atoms with E-state index in [9.17, 15) is 9.18 Å². The molecule has 0 amide bonds. The zero-order valence-corrected chi connectivity index (χ0v) is 10.4. The Kier molecular flexibility index (Phi) is 3.81. The minimum absolute atomic E-state index is 0.257. The Labute approximate surface area is 106 Å². The van der Waals surface area contributed by atoms with Crippen LogP contribution in [0.4, 0.5) is 4.39 Å². The largest absolute Gasteiger partial charge is 0.477 e. The molecule has 1 N–H and O–H groups in total. The lowest BCUT2D eigenvalue weighted by atomic mass is 10.4. The summed E-state index contributed by atoms with van der Waals surface area (Å²) in [6, 6.07) is 9.75. The molecule has 1 aromatic carbocycles. The number of rotatable bonds is 4. The summed E-state index contributed by atoms with van der Waals surface area (Å²) in [7, 11) is 0. The summed E-state index contributed by atoms with van der Waals surface area (Å²) in [5.41, 5.74) is 0. The van der Waals surface area contributed by atoms with Gasteiger partial charge in [-0.25, -0.2) is 9.18 Å². The number of carbonyl (C=O) groups is 1. The van der Waals surface area contributed by atoms with E-state index in [0.717, 1.165) is 9.77 Å². The van der Waals surface area contributed by atoms with Crippen molar-refractivity contribution in [3.8, 4) is 0 Å². The molecule has 0 bridgehead atoms. The molecule has 0 spiro atoms. The first-order valence-corrected chi connectivity index (χ1v) is 6.66. The van der Waals surface area contributed by atoms with Crippen molar-refractivity contribution in [1.29, 1.82) is 0 Å². The number of thiophene rings is 1. The summed E-state index contributed by atoms with van der Waals surface area (Å²) in [6.07, 6.45) is 0. The molecule has 2 rings (SSSR count). The van der Waals surface area contributed by atoms with E-state index >= 15 is 0 Å². The van der Waals surface area contributed by atoms with Crippen LogP contribution in [-0.4, -0.2) is 11.1 Å². The average Bonchev–Trinajstić information content (AvgIpc) is 2.75. The van der Waals surface area contributed by atoms with Crippen LogP contribution in [0.15, 0.2) is 41.3 Å². The van der Waals surface area contributed by atoms with Crippen molar-refractivity contribution in [2.75, 3.05) is 0 Å². The summed E-state index contributed by atoms with van der Waals surface area (Å²) in [5, 5.41) is 8.77. The average molecular weight is 268 g/mol. The first-order chi connectivity index (χ1) is 8.15. The highest BCUT2D eigenvalue weighted by atomic mass is 32.2. The molecule has 88 valence electrons. The van der Waals surface area contributed by atoms with Gasteiger partial charge in [-0.3, -0.25) is 0 Å². The lowest BCUT2D eigenvalue weighted by Gasteiger charge is -1.99. The minimum atomic E-state index is -0.906. The van der Waals surface area contributed by atoms with Crippen molar-refractivity contribution >= 4 is 29.1 Å². The molecule has 5 heteroatoms. The van der Waals surface area contributed by atoms with E-state index in [1.807, 2.05) is 6.07 Å². The van der Waals surface area contributed by atoms with E-state index in [2.05, 4.69) is 0 Å². The Morgan fingerprint density at radius 3 is 2.82 bits per heavy atom. The van der Waals surface area contributed by atoms with Crippen molar-refractivity contribution in [1.82, 2.24) is 0 Å². The number of carboxylic acids is 1. The Bertz CT molecular complexity index is 537. The molecular formula is C12H9FO2S2. The van der Waals surface area contributed by atoms with E-state index in [4.69, 9.17) is 5.11 Å². The lowest BCUT2D eigenvalue weighted by Crippen LogP contribution is -1.89. The first kappa shape index (κ1) is 12.1. The second kappa shape index (κ2) is 5.33. The zero-order valence-electron chi connectivity index (χ0n) is 8.72. The third-order valence-corrected chi connectivity index (χ3v) is 4.35. The van der Waals surface area contributed by atoms with Crippen LogP contribution >= 0.6 is 23.1 Å². The fourth-order valence-electron chi connectivity index (χ4n) is 1.28. The van der Waals surface area contributed by atoms with Crippen molar-refractivity contribution < 1.29 is 14.3 Å². The Balaban J connectivity index is 2.00. The maximum absolute atomic E-state index is 12.9. The monoisotopic (exact) mass is 268 g/mol. The molecule has 0 unspecified atom stereocenters. The molecule has 2 nitrogen and oxygen atoms in total. The highest BCUT2D eigenvalue weighted by molar-refractivity contribution is 7.98. The van der Waals surface area contributed by atoms with Crippen LogP contribution in [0.1, 0.15) is 14.5 Å². The van der Waals surface area contributed by atoms with Gasteiger partial charge in [-0.05, 0) is 30.3 Å². The fraction of sp³-hybridized carbons (Fsp3) is 0.0833. The highest BCUT2D eigenvalue weighted by Gasteiger charge is 2.07. The predicted octanol–water partition coefficient (Wildman–Crippen LogP) is 3.88. The standard InChI is InChI=1S/C12H9FO2S2/c13-8-2-1-3-9(6-8)16-7-10-4-5-11(17-10)12(14)15/h1-6H,7H2,(H,14,15). The molecule has 17 heavy (non-hydrogen) atoms. The zero-order chi connectivity index (χ0) is 12.3. The summed E-state index contributed by atoms with van der Waals surface area (Å²) in [6.45, 7) is 0. The van der Waals surface area contributed by atoms with Crippen LogP contribution in [0, 0.1) is 5.82 Å². The Hall–Kier alpha value is -1.33. The van der Waals surface area contributed by atoms with E-state index in [1.165, 1.54) is 35.2 Å². The van der Waals surface area contributed by atoms with E-state index in [0.29, 0.717) is 10.6 Å². The van der Waals surface area contributed by atoms with Crippen molar-refractivity contribution in [2.45, 2.75) is 10.6 Å². The number of carboxylic acid groups (broad SMARTS) is 1. The topological polar surface area (TPSA) is 37.3 Å². The van der Waals surface area contributed by atoms with Crippen LogP contribution in [0.25, 0.3) is 0 Å². The second-order valence-electron chi connectivity index (χ2n) is 3.32. The molecule has 1 aromatic heterocycles. The molecule has 0 aliphatic heterocycles. The number of hydrogen-bond acceptors (Lipinski definition) is 3. The van der Waals surface area contributed by atoms with Crippen LogP contribution in [0.3, 0.4) is 0 Å². The Morgan fingerprint density at radius 1 is 1.35 bits per heavy atom. The van der Waals surface area contributed by atoms with Gasteiger partial charge in [0.15, 0.2) is 0 Å². The SMILES string of the molecule is O=C(O)c1ccc(CSc2cccc(F)c2)s1. The van der Waals surface area contributed by atoms with Crippen LogP contribution in [-0.2, 0) is 5.75 Å². The summed E-state index contributed by atoms with van der Waals surface area (Å²) >= 11 is 2.74. The molecule has 0 aliphatic rings. The van der Waals surface area contributed by atoms with Gasteiger partial charge in [0, 0.05) is 15.5 Å². The van der Waals surface area contributed by atoms with Gasteiger partial charge < -0.3 is 5.11 Å². The van der Waals surface area contributed by atoms with E-state index in [1.54, 1.807) is 18.2 Å². The highest BCUT2D eigenvalue weighted by Crippen LogP contribution is 2.27. The van der Waals surface area contributed by atoms with Crippen LogP contribution in [0.5, 0.6) is 0 Å². The maximum Gasteiger partial charge on any atom is 0.345 e. The van der Waals surface area contributed by atoms with Gasteiger partial charge in [-0.15, -0.1) is 23.1 Å².